The molecule has 1 heterocycles. The van der Waals surface area contributed by atoms with Crippen LogP contribution < -0.4 is 0 Å². The molecule has 0 amide bonds. The average Bonchev–Trinajstić information content (AvgIpc) is 2.69. The zero-order chi connectivity index (χ0) is 11.7. The van der Waals surface area contributed by atoms with Crippen LogP contribution in [0.15, 0.2) is 28.7 Å². The van der Waals surface area contributed by atoms with Crippen molar-refractivity contribution >= 4 is 16.9 Å². The number of fused-ring (bicyclic) bond motifs is 1. The number of halogens is 1. The zero-order valence-corrected chi connectivity index (χ0v) is 8.44. The third kappa shape index (κ3) is 1.77. The summed E-state index contributed by atoms with van der Waals surface area (Å²) in [6.07, 6.45) is -1.49. The second-order valence-electron chi connectivity index (χ2n) is 3.26. The van der Waals surface area contributed by atoms with Gasteiger partial charge in [-0.2, -0.15) is 0 Å². The smallest absolute Gasteiger partial charge is 0.342 e. The van der Waals surface area contributed by atoms with E-state index in [1.54, 1.807) is 0 Å². The number of esters is 1. The van der Waals surface area contributed by atoms with E-state index >= 15 is 0 Å². The lowest BCUT2D eigenvalue weighted by atomic mass is 10.2. The SMILES string of the molecule is COC(=O)C(O)c1cc2cc(F)ccc2o1. The monoisotopic (exact) mass is 224 g/mol. The molecule has 2 rings (SSSR count). The standard InChI is InChI=1S/C11H9FO4/c1-15-11(14)10(13)9-5-6-4-7(12)2-3-8(6)16-9/h2-5,10,13H,1H3. The summed E-state index contributed by atoms with van der Waals surface area (Å²) in [5, 5.41) is 9.98. The van der Waals surface area contributed by atoms with Crippen molar-refractivity contribution in [1.82, 2.24) is 0 Å². The van der Waals surface area contributed by atoms with Gasteiger partial charge in [-0.05, 0) is 24.3 Å². The zero-order valence-electron chi connectivity index (χ0n) is 8.44. The van der Waals surface area contributed by atoms with Crippen LogP contribution in [0, 0.1) is 5.82 Å². The van der Waals surface area contributed by atoms with Gasteiger partial charge in [-0.15, -0.1) is 0 Å². The first-order valence-corrected chi connectivity index (χ1v) is 4.56. The van der Waals surface area contributed by atoms with E-state index in [1.165, 1.54) is 24.3 Å². The molecule has 0 aliphatic carbocycles. The van der Waals surface area contributed by atoms with Crippen LogP contribution in [-0.4, -0.2) is 18.2 Å². The van der Waals surface area contributed by atoms with Gasteiger partial charge in [-0.25, -0.2) is 9.18 Å². The van der Waals surface area contributed by atoms with Crippen molar-refractivity contribution in [2.75, 3.05) is 7.11 Å². The Bertz CT molecular complexity index is 532. The minimum Gasteiger partial charge on any atom is -0.467 e. The van der Waals surface area contributed by atoms with Crippen molar-refractivity contribution in [2.45, 2.75) is 6.10 Å². The fourth-order valence-corrected chi connectivity index (χ4v) is 1.40. The maximum absolute atomic E-state index is 12.9. The molecular formula is C11H9FO4. The van der Waals surface area contributed by atoms with Crippen molar-refractivity contribution in [3.05, 3.63) is 35.8 Å². The number of ether oxygens (including phenoxy) is 1. The van der Waals surface area contributed by atoms with Crippen molar-refractivity contribution in [1.29, 1.82) is 0 Å². The minimum absolute atomic E-state index is 0.0347. The average molecular weight is 224 g/mol. The molecular weight excluding hydrogens is 215 g/mol. The first kappa shape index (κ1) is 10.6. The van der Waals surface area contributed by atoms with Crippen molar-refractivity contribution in [3.63, 3.8) is 0 Å². The van der Waals surface area contributed by atoms with E-state index in [0.29, 0.717) is 11.0 Å². The maximum atomic E-state index is 12.9. The largest absolute Gasteiger partial charge is 0.467 e. The molecule has 1 aromatic heterocycles. The Morgan fingerprint density at radius 3 is 2.94 bits per heavy atom. The lowest BCUT2D eigenvalue weighted by Crippen LogP contribution is -2.12. The molecule has 1 N–H and O–H groups in total. The molecule has 1 aromatic carbocycles. The van der Waals surface area contributed by atoms with Crippen LogP contribution in [0.4, 0.5) is 4.39 Å². The van der Waals surface area contributed by atoms with Gasteiger partial charge in [0, 0.05) is 5.39 Å². The van der Waals surface area contributed by atoms with Gasteiger partial charge in [0.1, 0.15) is 17.2 Å². The Hall–Kier alpha value is -1.88. The Morgan fingerprint density at radius 2 is 2.25 bits per heavy atom. The summed E-state index contributed by atoms with van der Waals surface area (Å²) in [6.45, 7) is 0. The van der Waals surface area contributed by atoms with Gasteiger partial charge in [0.2, 0.25) is 6.10 Å². The molecule has 1 unspecified atom stereocenters. The summed E-state index contributed by atoms with van der Waals surface area (Å²) in [4.78, 5) is 11.0. The molecule has 0 fully saturated rings. The summed E-state index contributed by atoms with van der Waals surface area (Å²) in [5.74, 6) is -1.20. The molecule has 4 nitrogen and oxygen atoms in total. The van der Waals surface area contributed by atoms with E-state index in [4.69, 9.17) is 4.42 Å². The molecule has 2 aromatic rings. The van der Waals surface area contributed by atoms with Crippen LogP contribution in [0.25, 0.3) is 11.0 Å². The number of carbonyl (C=O) groups is 1. The summed E-state index contributed by atoms with van der Waals surface area (Å²) in [5.41, 5.74) is 0.402. The number of hydrogen-bond acceptors (Lipinski definition) is 4. The Morgan fingerprint density at radius 1 is 1.50 bits per heavy atom. The summed E-state index contributed by atoms with van der Waals surface area (Å²) >= 11 is 0. The number of aliphatic hydroxyl groups excluding tert-OH is 1. The molecule has 84 valence electrons. The molecule has 0 radical (unpaired) electrons. The second kappa shape index (κ2) is 3.94. The van der Waals surface area contributed by atoms with Gasteiger partial charge in [0.25, 0.3) is 0 Å². The van der Waals surface area contributed by atoms with Crippen LogP contribution in [0.3, 0.4) is 0 Å². The highest BCUT2D eigenvalue weighted by atomic mass is 19.1. The molecule has 0 aliphatic rings. The predicted octanol–water partition coefficient (Wildman–Crippen LogP) is 1.78. The van der Waals surface area contributed by atoms with Gasteiger partial charge in [0.15, 0.2) is 0 Å². The normalized spacial score (nSPS) is 12.7. The van der Waals surface area contributed by atoms with E-state index in [-0.39, 0.29) is 5.76 Å². The summed E-state index contributed by atoms with van der Waals surface area (Å²) in [6, 6.07) is 5.32. The highest BCUT2D eigenvalue weighted by molar-refractivity contribution is 5.81. The topological polar surface area (TPSA) is 59.7 Å². The molecule has 5 heteroatoms. The molecule has 0 saturated carbocycles. The predicted molar refractivity (Wildman–Crippen MR) is 53.1 cm³/mol. The maximum Gasteiger partial charge on any atom is 0.342 e. The van der Waals surface area contributed by atoms with E-state index in [2.05, 4.69) is 4.74 Å². The Balaban J connectivity index is 2.43. The lowest BCUT2D eigenvalue weighted by molar-refractivity contribution is -0.151. The molecule has 1 atom stereocenters. The first-order valence-electron chi connectivity index (χ1n) is 4.56. The highest BCUT2D eigenvalue weighted by Gasteiger charge is 2.22. The fraction of sp³-hybridized carbons (Fsp3) is 0.182. The van der Waals surface area contributed by atoms with Crippen LogP contribution in [0.5, 0.6) is 0 Å². The summed E-state index contributed by atoms with van der Waals surface area (Å²) < 4.78 is 22.4. The van der Waals surface area contributed by atoms with E-state index in [0.717, 1.165) is 7.11 Å². The van der Waals surface area contributed by atoms with Gasteiger partial charge in [0.05, 0.1) is 7.11 Å². The molecule has 0 bridgehead atoms. The fourth-order valence-electron chi connectivity index (χ4n) is 1.40. The molecule has 0 aliphatic heterocycles. The van der Waals surface area contributed by atoms with Crippen molar-refractivity contribution in [2.24, 2.45) is 0 Å². The first-order chi connectivity index (χ1) is 7.61. The van der Waals surface area contributed by atoms with E-state index < -0.39 is 17.9 Å². The Kier molecular flexibility index (Phi) is 2.62. The van der Waals surface area contributed by atoms with Crippen LogP contribution in [-0.2, 0) is 9.53 Å². The number of methoxy groups -OCH3 is 1. The van der Waals surface area contributed by atoms with Crippen molar-refractivity contribution in [3.8, 4) is 0 Å². The van der Waals surface area contributed by atoms with Crippen LogP contribution in [0.1, 0.15) is 11.9 Å². The third-order valence-corrected chi connectivity index (χ3v) is 2.19. The van der Waals surface area contributed by atoms with Crippen LogP contribution in [0.2, 0.25) is 0 Å². The number of hydrogen-bond donors (Lipinski definition) is 1. The molecule has 0 saturated heterocycles. The second-order valence-corrected chi connectivity index (χ2v) is 3.26. The van der Waals surface area contributed by atoms with Gasteiger partial charge < -0.3 is 14.3 Å². The van der Waals surface area contributed by atoms with Gasteiger partial charge in [-0.1, -0.05) is 0 Å². The molecule has 16 heavy (non-hydrogen) atoms. The number of carbonyl (C=O) groups excluding carboxylic acids is 1. The molecule has 0 spiro atoms. The number of furan rings is 1. The number of rotatable bonds is 2. The lowest BCUT2D eigenvalue weighted by Gasteiger charge is -2.03. The van der Waals surface area contributed by atoms with Crippen molar-refractivity contribution < 1.29 is 23.4 Å². The van der Waals surface area contributed by atoms with Gasteiger partial charge >= 0.3 is 5.97 Å². The summed E-state index contributed by atoms with van der Waals surface area (Å²) in [7, 11) is 1.16. The highest BCUT2D eigenvalue weighted by Crippen LogP contribution is 2.25. The van der Waals surface area contributed by atoms with E-state index in [1.807, 2.05) is 0 Å². The Labute approximate surface area is 90.2 Å². The van der Waals surface area contributed by atoms with Crippen LogP contribution >= 0.6 is 0 Å². The minimum atomic E-state index is -1.49. The number of aliphatic hydroxyl groups is 1. The quantitative estimate of drug-likeness (QED) is 0.790. The van der Waals surface area contributed by atoms with E-state index in [9.17, 15) is 14.3 Å². The van der Waals surface area contributed by atoms with Gasteiger partial charge in [-0.3, -0.25) is 0 Å². The third-order valence-electron chi connectivity index (χ3n) is 2.19. The number of benzene rings is 1.